The number of nitrogens with one attached hydrogen (secondary N) is 1. The summed E-state index contributed by atoms with van der Waals surface area (Å²) in [6.45, 7) is -0.914. The molecule has 0 bridgehead atoms. The van der Waals surface area contributed by atoms with Crippen molar-refractivity contribution in [3.05, 3.63) is 58.7 Å². The summed E-state index contributed by atoms with van der Waals surface area (Å²) in [6.07, 6.45) is -2.91. The maximum absolute atomic E-state index is 12.5. The lowest BCUT2D eigenvalue weighted by Crippen LogP contribution is -2.14. The average molecular weight is 325 g/mol. The van der Waals surface area contributed by atoms with E-state index in [4.69, 9.17) is 15.6 Å². The van der Waals surface area contributed by atoms with Gasteiger partial charge in [-0.05, 0) is 17.7 Å². The molecule has 2 aromatic rings. The van der Waals surface area contributed by atoms with Gasteiger partial charge in [0, 0.05) is 6.42 Å². The Labute approximate surface area is 130 Å². The number of aliphatic hydroxyl groups excluding tert-OH is 2. The zero-order chi connectivity index (χ0) is 17.0. The van der Waals surface area contributed by atoms with Crippen molar-refractivity contribution in [3.8, 4) is 0 Å². The summed E-state index contributed by atoms with van der Waals surface area (Å²) in [5.74, 6) is 0. The van der Waals surface area contributed by atoms with Gasteiger partial charge < -0.3 is 15.6 Å². The molecule has 5 nitrogen and oxygen atoms in total. The Balaban J connectivity index is 2.30. The van der Waals surface area contributed by atoms with Crippen LogP contribution in [0.2, 0.25) is 0 Å². The fourth-order valence-electron chi connectivity index (χ4n) is 1.98. The van der Waals surface area contributed by atoms with Gasteiger partial charge >= 0.3 is 6.18 Å². The number of hydrogen-bond donors (Lipinski definition) is 3. The molecule has 0 aliphatic rings. The molecule has 1 heterocycles. The number of rotatable bonds is 5. The highest BCUT2D eigenvalue weighted by atomic mass is 19.4. The number of halogens is 3. The highest BCUT2D eigenvalue weighted by molar-refractivity contribution is 5.98. The Morgan fingerprint density at radius 3 is 2.30 bits per heavy atom. The van der Waals surface area contributed by atoms with E-state index in [9.17, 15) is 13.2 Å². The van der Waals surface area contributed by atoms with E-state index < -0.39 is 18.3 Å². The van der Waals surface area contributed by atoms with Crippen molar-refractivity contribution in [1.29, 1.82) is 5.41 Å². The first-order valence-corrected chi connectivity index (χ1v) is 6.65. The Kier molecular flexibility index (Phi) is 5.07. The predicted octanol–water partition coefficient (Wildman–Crippen LogP) is 1.94. The van der Waals surface area contributed by atoms with E-state index in [1.54, 1.807) is 0 Å². The molecule has 1 aromatic heterocycles. The lowest BCUT2D eigenvalue weighted by Gasteiger charge is -2.10. The van der Waals surface area contributed by atoms with Gasteiger partial charge in [0.25, 0.3) is 0 Å². The van der Waals surface area contributed by atoms with Crippen LogP contribution in [-0.4, -0.2) is 32.5 Å². The molecule has 0 amide bonds. The Bertz CT molecular complexity index is 700. The molecule has 0 aliphatic carbocycles. The molecule has 2 rings (SSSR count). The molecule has 0 saturated heterocycles. The zero-order valence-electron chi connectivity index (χ0n) is 11.9. The minimum absolute atomic E-state index is 0.124. The summed E-state index contributed by atoms with van der Waals surface area (Å²) >= 11 is 0. The van der Waals surface area contributed by atoms with Crippen molar-refractivity contribution in [2.75, 3.05) is 6.61 Å². The fraction of sp³-hybridized carbons (Fsp3) is 0.267. The van der Waals surface area contributed by atoms with Crippen LogP contribution < -0.4 is 0 Å². The first-order chi connectivity index (χ1) is 10.8. The van der Waals surface area contributed by atoms with Crippen LogP contribution in [0, 0.1) is 5.41 Å². The van der Waals surface area contributed by atoms with Crippen molar-refractivity contribution >= 4 is 5.71 Å². The lowest BCUT2D eigenvalue weighted by atomic mass is 10.0. The molecule has 122 valence electrons. The average Bonchev–Trinajstić information content (AvgIpc) is 2.54. The number of benzene rings is 1. The Morgan fingerprint density at radius 1 is 1.13 bits per heavy atom. The van der Waals surface area contributed by atoms with Crippen LogP contribution in [-0.2, 0) is 19.2 Å². The third kappa shape index (κ3) is 4.11. The number of aromatic nitrogens is 2. The van der Waals surface area contributed by atoms with Crippen molar-refractivity contribution in [3.63, 3.8) is 0 Å². The molecule has 23 heavy (non-hydrogen) atoms. The quantitative estimate of drug-likeness (QED) is 0.733. The molecule has 0 aliphatic heterocycles. The van der Waals surface area contributed by atoms with E-state index in [2.05, 4.69) is 9.97 Å². The van der Waals surface area contributed by atoms with Gasteiger partial charge in [-0.2, -0.15) is 13.2 Å². The molecule has 0 unspecified atom stereocenters. The lowest BCUT2D eigenvalue weighted by molar-refractivity contribution is -0.137. The van der Waals surface area contributed by atoms with Crippen LogP contribution in [0.15, 0.2) is 30.5 Å². The van der Waals surface area contributed by atoms with Gasteiger partial charge in [0.1, 0.15) is 5.69 Å². The smallest absolute Gasteiger partial charge is 0.390 e. The van der Waals surface area contributed by atoms with Crippen LogP contribution in [0.5, 0.6) is 0 Å². The zero-order valence-corrected chi connectivity index (χ0v) is 11.9. The maximum atomic E-state index is 12.5. The van der Waals surface area contributed by atoms with E-state index in [0.717, 1.165) is 12.1 Å². The molecule has 0 fully saturated rings. The SMILES string of the molecule is N=C(CO)c1nc(CO)cnc1Cc1ccc(C(F)(F)F)cc1. The fourth-order valence-corrected chi connectivity index (χ4v) is 1.98. The Hall–Kier alpha value is -2.32. The molecular weight excluding hydrogens is 311 g/mol. The van der Waals surface area contributed by atoms with Gasteiger partial charge in [0.15, 0.2) is 0 Å². The molecule has 1 aromatic carbocycles. The highest BCUT2D eigenvalue weighted by Crippen LogP contribution is 2.29. The van der Waals surface area contributed by atoms with Gasteiger partial charge in [-0.15, -0.1) is 0 Å². The van der Waals surface area contributed by atoms with Crippen LogP contribution in [0.1, 0.15) is 28.2 Å². The number of aliphatic hydroxyl groups is 2. The largest absolute Gasteiger partial charge is 0.416 e. The van der Waals surface area contributed by atoms with Crippen LogP contribution >= 0.6 is 0 Å². The van der Waals surface area contributed by atoms with E-state index in [0.29, 0.717) is 11.3 Å². The minimum atomic E-state index is -4.40. The van der Waals surface area contributed by atoms with E-state index in [-0.39, 0.29) is 30.1 Å². The van der Waals surface area contributed by atoms with Crippen molar-refractivity contribution < 1.29 is 23.4 Å². The second-order valence-corrected chi connectivity index (χ2v) is 4.82. The van der Waals surface area contributed by atoms with Crippen LogP contribution in [0.3, 0.4) is 0 Å². The van der Waals surface area contributed by atoms with E-state index in [1.165, 1.54) is 18.3 Å². The number of alkyl halides is 3. The first kappa shape index (κ1) is 17.0. The standard InChI is InChI=1S/C15H14F3N3O2/c16-15(17,18)10-3-1-9(2-4-10)5-13-14(12(19)8-23)21-11(7-22)6-20-13/h1-4,6,19,22-23H,5,7-8H2. The molecule has 8 heteroatoms. The summed E-state index contributed by atoms with van der Waals surface area (Å²) in [7, 11) is 0. The van der Waals surface area contributed by atoms with Crippen molar-refractivity contribution in [2.45, 2.75) is 19.2 Å². The molecule has 0 saturated carbocycles. The van der Waals surface area contributed by atoms with Gasteiger partial charge in [-0.1, -0.05) is 12.1 Å². The monoisotopic (exact) mass is 325 g/mol. The summed E-state index contributed by atoms with van der Waals surface area (Å²) < 4.78 is 37.6. The number of nitrogens with zero attached hydrogens (tertiary/aromatic N) is 2. The normalized spacial score (nSPS) is 11.5. The second-order valence-electron chi connectivity index (χ2n) is 4.82. The van der Waals surface area contributed by atoms with Crippen LogP contribution in [0.25, 0.3) is 0 Å². The maximum Gasteiger partial charge on any atom is 0.416 e. The van der Waals surface area contributed by atoms with E-state index >= 15 is 0 Å². The molecule has 0 atom stereocenters. The molecule has 0 spiro atoms. The summed E-state index contributed by atoms with van der Waals surface area (Å²) in [4.78, 5) is 8.13. The van der Waals surface area contributed by atoms with Gasteiger partial charge in [0.05, 0.1) is 42.1 Å². The van der Waals surface area contributed by atoms with Gasteiger partial charge in [-0.25, -0.2) is 4.98 Å². The molecule has 3 N–H and O–H groups in total. The third-order valence-corrected chi connectivity index (χ3v) is 3.16. The minimum Gasteiger partial charge on any atom is -0.390 e. The van der Waals surface area contributed by atoms with Gasteiger partial charge in [0.2, 0.25) is 0 Å². The van der Waals surface area contributed by atoms with Gasteiger partial charge in [-0.3, -0.25) is 4.98 Å². The predicted molar refractivity (Wildman–Crippen MR) is 76.1 cm³/mol. The molecule has 0 radical (unpaired) electrons. The third-order valence-electron chi connectivity index (χ3n) is 3.16. The summed E-state index contributed by atoms with van der Waals surface area (Å²) in [5, 5.41) is 25.8. The topological polar surface area (TPSA) is 90.1 Å². The van der Waals surface area contributed by atoms with Crippen molar-refractivity contribution in [2.24, 2.45) is 0 Å². The molecular formula is C15H14F3N3O2. The second kappa shape index (κ2) is 6.84. The summed E-state index contributed by atoms with van der Waals surface area (Å²) in [5.41, 5.74) is 0.367. The summed E-state index contributed by atoms with van der Waals surface area (Å²) in [6, 6.07) is 4.61. The van der Waals surface area contributed by atoms with Crippen molar-refractivity contribution in [1.82, 2.24) is 9.97 Å². The Morgan fingerprint density at radius 2 is 1.78 bits per heavy atom. The van der Waals surface area contributed by atoms with E-state index in [1.807, 2.05) is 0 Å². The highest BCUT2D eigenvalue weighted by Gasteiger charge is 2.29. The first-order valence-electron chi connectivity index (χ1n) is 6.65. The number of hydrogen-bond acceptors (Lipinski definition) is 5. The van der Waals surface area contributed by atoms with Crippen LogP contribution in [0.4, 0.5) is 13.2 Å².